The van der Waals surface area contributed by atoms with Gasteiger partial charge in [0.05, 0.1) is 12.4 Å². The number of halogens is 3. The van der Waals surface area contributed by atoms with Crippen molar-refractivity contribution in [1.82, 2.24) is 9.97 Å². The summed E-state index contributed by atoms with van der Waals surface area (Å²) < 4.78 is 36.8. The highest BCUT2D eigenvalue weighted by molar-refractivity contribution is 5.37. The number of hydrogen-bond acceptors (Lipinski definition) is 4. The standard InChI is InChI=1S/C10H13F3N4/c1-17(7-2-6(14)3-7)9-5-15-8(4-16-9)10(11,12)13/h4-7H,2-3,14H2,1H3. The minimum Gasteiger partial charge on any atom is -0.355 e. The van der Waals surface area contributed by atoms with Gasteiger partial charge in [-0.2, -0.15) is 13.2 Å². The van der Waals surface area contributed by atoms with Crippen molar-refractivity contribution in [2.75, 3.05) is 11.9 Å². The third kappa shape index (κ3) is 2.49. The third-order valence-electron chi connectivity index (χ3n) is 2.99. The fourth-order valence-electron chi connectivity index (χ4n) is 1.78. The summed E-state index contributed by atoms with van der Waals surface area (Å²) in [6.45, 7) is 0. The van der Waals surface area contributed by atoms with Gasteiger partial charge in [0.15, 0.2) is 5.69 Å². The van der Waals surface area contributed by atoms with Crippen LogP contribution in [0, 0.1) is 0 Å². The summed E-state index contributed by atoms with van der Waals surface area (Å²) >= 11 is 0. The van der Waals surface area contributed by atoms with E-state index in [4.69, 9.17) is 5.73 Å². The Balaban J connectivity index is 2.07. The van der Waals surface area contributed by atoms with Crippen LogP contribution in [0.3, 0.4) is 0 Å². The lowest BCUT2D eigenvalue weighted by atomic mass is 9.86. The molecule has 0 saturated heterocycles. The Hall–Kier alpha value is -1.37. The van der Waals surface area contributed by atoms with E-state index in [0.717, 1.165) is 25.2 Å². The number of aromatic nitrogens is 2. The highest BCUT2D eigenvalue weighted by Gasteiger charge is 2.34. The Kier molecular flexibility index (Phi) is 2.94. The maximum absolute atomic E-state index is 12.3. The van der Waals surface area contributed by atoms with Crippen molar-refractivity contribution in [1.29, 1.82) is 0 Å². The monoisotopic (exact) mass is 246 g/mol. The molecular formula is C10H13F3N4. The molecule has 0 bridgehead atoms. The van der Waals surface area contributed by atoms with E-state index in [1.807, 2.05) is 4.90 Å². The van der Waals surface area contributed by atoms with E-state index in [-0.39, 0.29) is 12.1 Å². The normalized spacial score (nSPS) is 24.3. The number of anilines is 1. The highest BCUT2D eigenvalue weighted by atomic mass is 19.4. The molecule has 1 fully saturated rings. The largest absolute Gasteiger partial charge is 0.434 e. The summed E-state index contributed by atoms with van der Waals surface area (Å²) in [5.74, 6) is 0.440. The van der Waals surface area contributed by atoms with Crippen LogP contribution in [0.1, 0.15) is 18.5 Å². The summed E-state index contributed by atoms with van der Waals surface area (Å²) in [4.78, 5) is 8.96. The molecule has 1 heterocycles. The zero-order valence-electron chi connectivity index (χ0n) is 9.28. The van der Waals surface area contributed by atoms with Crippen LogP contribution in [0.2, 0.25) is 0 Å². The number of rotatable bonds is 2. The van der Waals surface area contributed by atoms with Gasteiger partial charge in [-0.3, -0.25) is 0 Å². The van der Waals surface area contributed by atoms with Gasteiger partial charge < -0.3 is 10.6 Å². The number of alkyl halides is 3. The van der Waals surface area contributed by atoms with Gasteiger partial charge in [-0.15, -0.1) is 0 Å². The SMILES string of the molecule is CN(c1cnc(C(F)(F)F)cn1)C1CC(N)C1. The Morgan fingerprint density at radius 3 is 2.35 bits per heavy atom. The average Bonchev–Trinajstić information content (AvgIpc) is 2.23. The number of hydrogen-bond donors (Lipinski definition) is 1. The maximum atomic E-state index is 12.3. The van der Waals surface area contributed by atoms with Crippen molar-refractivity contribution in [3.63, 3.8) is 0 Å². The second kappa shape index (κ2) is 4.14. The minimum absolute atomic E-state index is 0.185. The molecular weight excluding hydrogens is 233 g/mol. The summed E-state index contributed by atoms with van der Waals surface area (Å²) in [5, 5.41) is 0. The first-order valence-electron chi connectivity index (χ1n) is 5.25. The summed E-state index contributed by atoms with van der Waals surface area (Å²) in [6, 6.07) is 0.431. The van der Waals surface area contributed by atoms with Crippen LogP contribution in [-0.4, -0.2) is 29.1 Å². The zero-order chi connectivity index (χ0) is 12.6. The van der Waals surface area contributed by atoms with Gasteiger partial charge in [-0.1, -0.05) is 0 Å². The molecule has 0 radical (unpaired) electrons. The molecule has 0 aromatic carbocycles. The zero-order valence-corrected chi connectivity index (χ0v) is 9.28. The molecule has 1 aromatic heterocycles. The molecule has 1 aromatic rings. The lowest BCUT2D eigenvalue weighted by Gasteiger charge is -2.39. The molecule has 1 saturated carbocycles. The molecule has 7 heteroatoms. The predicted octanol–water partition coefficient (Wildman–Crippen LogP) is 1.42. The Morgan fingerprint density at radius 2 is 1.94 bits per heavy atom. The van der Waals surface area contributed by atoms with Gasteiger partial charge >= 0.3 is 6.18 Å². The quantitative estimate of drug-likeness (QED) is 0.857. The third-order valence-corrected chi connectivity index (χ3v) is 2.99. The Morgan fingerprint density at radius 1 is 1.29 bits per heavy atom. The molecule has 0 unspecified atom stereocenters. The molecule has 2 rings (SSSR count). The Labute approximate surface area is 96.7 Å². The summed E-state index contributed by atoms with van der Waals surface area (Å²) in [5.41, 5.74) is 4.68. The van der Waals surface area contributed by atoms with Gasteiger partial charge in [-0.05, 0) is 12.8 Å². The van der Waals surface area contributed by atoms with Gasteiger partial charge in [0.2, 0.25) is 0 Å². The first-order chi connectivity index (χ1) is 7.88. The van der Waals surface area contributed by atoms with E-state index in [2.05, 4.69) is 9.97 Å². The predicted molar refractivity (Wildman–Crippen MR) is 56.4 cm³/mol. The van der Waals surface area contributed by atoms with Crippen molar-refractivity contribution < 1.29 is 13.2 Å². The van der Waals surface area contributed by atoms with E-state index >= 15 is 0 Å². The Bertz CT molecular complexity index is 384. The van der Waals surface area contributed by atoms with Gasteiger partial charge in [-0.25, -0.2) is 9.97 Å². The number of nitrogens with two attached hydrogens (primary N) is 1. The van der Waals surface area contributed by atoms with Crippen LogP contribution in [0.5, 0.6) is 0 Å². The molecule has 2 N–H and O–H groups in total. The molecule has 0 spiro atoms. The summed E-state index contributed by atoms with van der Waals surface area (Å²) in [6.07, 6.45) is -0.877. The van der Waals surface area contributed by atoms with Crippen LogP contribution >= 0.6 is 0 Å². The van der Waals surface area contributed by atoms with Gasteiger partial charge in [0.25, 0.3) is 0 Å². The van der Waals surface area contributed by atoms with E-state index in [9.17, 15) is 13.2 Å². The van der Waals surface area contributed by atoms with Crippen molar-refractivity contribution in [2.45, 2.75) is 31.1 Å². The molecule has 0 amide bonds. The van der Waals surface area contributed by atoms with Crippen LogP contribution < -0.4 is 10.6 Å². The second-order valence-corrected chi connectivity index (χ2v) is 4.25. The molecule has 0 aliphatic heterocycles. The van der Waals surface area contributed by atoms with Crippen LogP contribution in [-0.2, 0) is 6.18 Å². The maximum Gasteiger partial charge on any atom is 0.434 e. The van der Waals surface area contributed by atoms with Crippen molar-refractivity contribution in [3.05, 3.63) is 18.1 Å². The molecule has 1 aliphatic rings. The van der Waals surface area contributed by atoms with Crippen molar-refractivity contribution in [2.24, 2.45) is 5.73 Å². The minimum atomic E-state index is -4.44. The lowest BCUT2D eigenvalue weighted by molar-refractivity contribution is -0.141. The van der Waals surface area contributed by atoms with E-state index in [0.29, 0.717) is 5.82 Å². The first kappa shape index (κ1) is 12.1. The second-order valence-electron chi connectivity index (χ2n) is 4.25. The van der Waals surface area contributed by atoms with E-state index in [1.165, 1.54) is 0 Å². The fourth-order valence-corrected chi connectivity index (χ4v) is 1.78. The lowest BCUT2D eigenvalue weighted by Crippen LogP contribution is -2.49. The van der Waals surface area contributed by atoms with Gasteiger partial charge in [0.1, 0.15) is 5.82 Å². The van der Waals surface area contributed by atoms with Crippen LogP contribution in [0.4, 0.5) is 19.0 Å². The smallest absolute Gasteiger partial charge is 0.355 e. The van der Waals surface area contributed by atoms with Crippen molar-refractivity contribution in [3.8, 4) is 0 Å². The van der Waals surface area contributed by atoms with Crippen molar-refractivity contribution >= 4 is 5.82 Å². The fraction of sp³-hybridized carbons (Fsp3) is 0.600. The summed E-state index contributed by atoms with van der Waals surface area (Å²) in [7, 11) is 1.79. The molecule has 17 heavy (non-hydrogen) atoms. The van der Waals surface area contributed by atoms with E-state index < -0.39 is 11.9 Å². The highest BCUT2D eigenvalue weighted by Crippen LogP contribution is 2.29. The molecule has 1 aliphatic carbocycles. The number of nitrogens with zero attached hydrogens (tertiary/aromatic N) is 3. The first-order valence-corrected chi connectivity index (χ1v) is 5.25. The van der Waals surface area contributed by atoms with Gasteiger partial charge in [0, 0.05) is 19.1 Å². The topological polar surface area (TPSA) is 55.0 Å². The molecule has 94 valence electrons. The van der Waals surface area contributed by atoms with Crippen LogP contribution in [0.15, 0.2) is 12.4 Å². The molecule has 0 atom stereocenters. The average molecular weight is 246 g/mol. The van der Waals surface area contributed by atoms with E-state index in [1.54, 1.807) is 7.05 Å². The molecule has 4 nitrogen and oxygen atoms in total. The van der Waals surface area contributed by atoms with Crippen LogP contribution in [0.25, 0.3) is 0 Å².